The zero-order valence-electron chi connectivity index (χ0n) is 13.0. The molecule has 0 radical (unpaired) electrons. The fraction of sp³-hybridized carbons (Fsp3) is 0.714. The molecule has 1 aliphatic heterocycles. The van der Waals surface area contributed by atoms with Crippen molar-refractivity contribution in [1.29, 1.82) is 0 Å². The van der Waals surface area contributed by atoms with Crippen LogP contribution in [-0.4, -0.2) is 44.5 Å². The monoisotopic (exact) mass is 319 g/mol. The summed E-state index contributed by atoms with van der Waals surface area (Å²) in [6.45, 7) is 7.94. The van der Waals surface area contributed by atoms with Crippen LogP contribution in [0, 0.1) is 0 Å². The van der Waals surface area contributed by atoms with Gasteiger partial charge in [0.1, 0.15) is 0 Å². The molecule has 1 N–H and O–H groups in total. The van der Waals surface area contributed by atoms with Crippen LogP contribution in [-0.2, 0) is 16.9 Å². The minimum absolute atomic E-state index is 0.0295. The molecule has 5 nitrogen and oxygen atoms in total. The van der Waals surface area contributed by atoms with Crippen molar-refractivity contribution in [3.05, 3.63) is 17.5 Å². The van der Waals surface area contributed by atoms with Crippen molar-refractivity contribution in [2.45, 2.75) is 58.0 Å². The van der Waals surface area contributed by atoms with Crippen LogP contribution in [0.25, 0.3) is 0 Å². The van der Waals surface area contributed by atoms with Gasteiger partial charge in [-0.1, -0.05) is 6.92 Å². The highest BCUT2D eigenvalue weighted by molar-refractivity contribution is 5.81. The van der Waals surface area contributed by atoms with E-state index in [1.165, 1.54) is 0 Å². The SMILES string of the molecule is CC1CN(C(=O)C(O)C(F)(F)F)Cc2cnn(C(C)(C)C)c21. The molecule has 22 heavy (non-hydrogen) atoms. The number of nitrogens with zero attached hydrogens (tertiary/aromatic N) is 3. The van der Waals surface area contributed by atoms with E-state index in [2.05, 4.69) is 5.10 Å². The molecule has 0 aromatic carbocycles. The Kier molecular flexibility index (Phi) is 4.01. The lowest BCUT2D eigenvalue weighted by atomic mass is 9.96. The quantitative estimate of drug-likeness (QED) is 0.861. The van der Waals surface area contributed by atoms with E-state index in [1.807, 2.05) is 32.4 Å². The van der Waals surface area contributed by atoms with Crippen molar-refractivity contribution in [3.8, 4) is 0 Å². The third kappa shape index (κ3) is 2.97. The molecule has 0 bridgehead atoms. The number of aliphatic hydroxyl groups excluding tert-OH is 1. The predicted molar refractivity (Wildman–Crippen MR) is 73.1 cm³/mol. The van der Waals surface area contributed by atoms with Gasteiger partial charge in [-0.2, -0.15) is 18.3 Å². The van der Waals surface area contributed by atoms with E-state index in [-0.39, 0.29) is 24.5 Å². The average molecular weight is 319 g/mol. The second-order valence-corrected chi connectivity index (χ2v) is 6.70. The van der Waals surface area contributed by atoms with Gasteiger partial charge in [0, 0.05) is 30.3 Å². The fourth-order valence-electron chi connectivity index (χ4n) is 2.74. The number of carbonyl (C=O) groups is 1. The third-order valence-corrected chi connectivity index (χ3v) is 3.70. The molecule has 1 aromatic rings. The molecule has 2 heterocycles. The van der Waals surface area contributed by atoms with Crippen molar-refractivity contribution in [1.82, 2.24) is 14.7 Å². The maximum Gasteiger partial charge on any atom is 0.423 e. The van der Waals surface area contributed by atoms with Gasteiger partial charge in [-0.3, -0.25) is 9.48 Å². The van der Waals surface area contributed by atoms with Crippen LogP contribution >= 0.6 is 0 Å². The summed E-state index contributed by atoms with van der Waals surface area (Å²) in [6, 6.07) is 0. The lowest BCUT2D eigenvalue weighted by Crippen LogP contribution is -2.49. The molecule has 8 heteroatoms. The Bertz CT molecular complexity index is 575. The van der Waals surface area contributed by atoms with Crippen molar-refractivity contribution >= 4 is 5.91 Å². The van der Waals surface area contributed by atoms with E-state index >= 15 is 0 Å². The second-order valence-electron chi connectivity index (χ2n) is 6.70. The van der Waals surface area contributed by atoms with Crippen LogP contribution in [0.2, 0.25) is 0 Å². The summed E-state index contributed by atoms with van der Waals surface area (Å²) in [6.07, 6.45) is -6.34. The summed E-state index contributed by atoms with van der Waals surface area (Å²) >= 11 is 0. The molecule has 1 aromatic heterocycles. The lowest BCUT2D eigenvalue weighted by Gasteiger charge is -2.35. The number of aromatic nitrogens is 2. The maximum atomic E-state index is 12.5. The number of amides is 1. The first-order valence-electron chi connectivity index (χ1n) is 7.03. The van der Waals surface area contributed by atoms with E-state index in [9.17, 15) is 18.0 Å². The standard InChI is InChI=1S/C14H20F3N3O2/c1-8-6-19(12(22)11(21)14(15,16)17)7-9-5-18-20(10(8)9)13(2,3)4/h5,8,11,21H,6-7H2,1-4H3. The lowest BCUT2D eigenvalue weighted by molar-refractivity contribution is -0.211. The highest BCUT2D eigenvalue weighted by Crippen LogP contribution is 2.32. The molecule has 0 spiro atoms. The molecule has 0 saturated heterocycles. The second kappa shape index (κ2) is 5.26. The van der Waals surface area contributed by atoms with Gasteiger partial charge in [-0.15, -0.1) is 0 Å². The van der Waals surface area contributed by atoms with Crippen LogP contribution in [0.4, 0.5) is 13.2 Å². The Labute approximate surface area is 126 Å². The van der Waals surface area contributed by atoms with Crippen molar-refractivity contribution in [3.63, 3.8) is 0 Å². The molecular weight excluding hydrogens is 299 g/mol. The maximum absolute atomic E-state index is 12.5. The third-order valence-electron chi connectivity index (χ3n) is 3.70. The van der Waals surface area contributed by atoms with E-state index in [1.54, 1.807) is 6.20 Å². The average Bonchev–Trinajstić information content (AvgIpc) is 2.80. The van der Waals surface area contributed by atoms with Crippen molar-refractivity contribution in [2.75, 3.05) is 6.54 Å². The molecule has 0 saturated carbocycles. The number of carbonyl (C=O) groups excluding carboxylic acids is 1. The number of hydrogen-bond donors (Lipinski definition) is 1. The number of aliphatic hydroxyl groups is 1. The normalized spacial score (nSPS) is 20.7. The highest BCUT2D eigenvalue weighted by Gasteiger charge is 2.46. The first-order chi connectivity index (χ1) is 9.93. The molecule has 2 rings (SSSR count). The Morgan fingerprint density at radius 2 is 2.00 bits per heavy atom. The number of hydrogen-bond acceptors (Lipinski definition) is 3. The van der Waals surface area contributed by atoms with Crippen LogP contribution in [0.5, 0.6) is 0 Å². The molecule has 0 fully saturated rings. The Morgan fingerprint density at radius 1 is 1.41 bits per heavy atom. The van der Waals surface area contributed by atoms with Crippen LogP contribution < -0.4 is 0 Å². The number of rotatable bonds is 1. The molecule has 1 amide bonds. The highest BCUT2D eigenvalue weighted by atomic mass is 19.4. The summed E-state index contributed by atoms with van der Waals surface area (Å²) < 4.78 is 39.3. The molecular formula is C14H20F3N3O2. The molecule has 2 unspecified atom stereocenters. The summed E-state index contributed by atoms with van der Waals surface area (Å²) in [5.41, 5.74) is 1.40. The summed E-state index contributed by atoms with van der Waals surface area (Å²) in [7, 11) is 0. The Balaban J connectivity index is 2.27. The number of alkyl halides is 3. The van der Waals surface area contributed by atoms with Gasteiger partial charge in [0.05, 0.1) is 11.7 Å². The largest absolute Gasteiger partial charge is 0.423 e. The van der Waals surface area contributed by atoms with Gasteiger partial charge >= 0.3 is 6.18 Å². The fourth-order valence-corrected chi connectivity index (χ4v) is 2.74. The summed E-state index contributed by atoms with van der Waals surface area (Å²) in [5, 5.41) is 13.4. The van der Waals surface area contributed by atoms with Gasteiger partial charge in [0.25, 0.3) is 5.91 Å². The molecule has 2 atom stereocenters. The zero-order chi connectivity index (χ0) is 16.9. The van der Waals surface area contributed by atoms with Gasteiger partial charge in [-0.25, -0.2) is 0 Å². The minimum atomic E-state index is -4.95. The van der Waals surface area contributed by atoms with E-state index < -0.39 is 18.2 Å². The molecule has 1 aliphatic rings. The van der Waals surface area contributed by atoms with E-state index in [0.717, 1.165) is 16.2 Å². The smallest absolute Gasteiger partial charge is 0.376 e. The topological polar surface area (TPSA) is 58.4 Å². The van der Waals surface area contributed by atoms with Crippen molar-refractivity contribution < 1.29 is 23.1 Å². The van der Waals surface area contributed by atoms with Gasteiger partial charge in [0.2, 0.25) is 6.10 Å². The number of fused-ring (bicyclic) bond motifs is 1. The first-order valence-corrected chi connectivity index (χ1v) is 7.03. The minimum Gasteiger partial charge on any atom is -0.376 e. The van der Waals surface area contributed by atoms with Crippen LogP contribution in [0.1, 0.15) is 44.9 Å². The molecule has 0 aliphatic carbocycles. The van der Waals surface area contributed by atoms with Crippen LogP contribution in [0.3, 0.4) is 0 Å². The molecule has 124 valence electrons. The van der Waals surface area contributed by atoms with Gasteiger partial charge in [-0.05, 0) is 20.8 Å². The summed E-state index contributed by atoms with van der Waals surface area (Å²) in [4.78, 5) is 12.9. The number of halogens is 3. The Hall–Kier alpha value is -1.57. The Morgan fingerprint density at radius 3 is 2.50 bits per heavy atom. The van der Waals surface area contributed by atoms with Gasteiger partial charge in [0.15, 0.2) is 0 Å². The first kappa shape index (κ1) is 16.8. The van der Waals surface area contributed by atoms with E-state index in [4.69, 9.17) is 5.11 Å². The predicted octanol–water partition coefficient (Wildman–Crippen LogP) is 2.01. The summed E-state index contributed by atoms with van der Waals surface area (Å²) in [5.74, 6) is -1.47. The van der Waals surface area contributed by atoms with Crippen molar-refractivity contribution in [2.24, 2.45) is 0 Å². The van der Waals surface area contributed by atoms with E-state index in [0.29, 0.717) is 0 Å². The zero-order valence-corrected chi connectivity index (χ0v) is 13.0. The van der Waals surface area contributed by atoms with Crippen LogP contribution in [0.15, 0.2) is 6.20 Å². The van der Waals surface area contributed by atoms with Gasteiger partial charge < -0.3 is 10.0 Å².